The predicted octanol–water partition coefficient (Wildman–Crippen LogP) is 7.61. The fourth-order valence-electron chi connectivity index (χ4n) is 4.66. The van der Waals surface area contributed by atoms with Crippen molar-refractivity contribution in [3.63, 3.8) is 0 Å². The maximum absolute atomic E-state index is 13.4. The number of aryl methyl sites for hydroxylation is 1. The van der Waals surface area contributed by atoms with Crippen LogP contribution in [0.1, 0.15) is 58.9 Å². The average molecular weight is 581 g/mol. The highest BCUT2D eigenvalue weighted by molar-refractivity contribution is 7.16. The van der Waals surface area contributed by atoms with Gasteiger partial charge in [-0.3, -0.25) is 10.1 Å². The molecular formula is C27H35F3N4O3SSi. The molecule has 4 rings (SSSR count). The summed E-state index contributed by atoms with van der Waals surface area (Å²) in [5.74, 6) is -0.206. The lowest BCUT2D eigenvalue weighted by Crippen LogP contribution is -2.34. The summed E-state index contributed by atoms with van der Waals surface area (Å²) in [6, 6.07) is 4.48. The summed E-state index contributed by atoms with van der Waals surface area (Å²) >= 11 is 1.29. The molecule has 0 aliphatic carbocycles. The van der Waals surface area contributed by atoms with Crippen LogP contribution in [0.5, 0.6) is 5.75 Å². The molecule has 0 saturated carbocycles. The Morgan fingerprint density at radius 2 is 1.90 bits per heavy atom. The minimum Gasteiger partial charge on any atom is -0.481 e. The molecule has 3 heterocycles. The summed E-state index contributed by atoms with van der Waals surface area (Å²) in [4.78, 5) is 18.8. The number of benzene rings is 1. The molecule has 1 aliphatic heterocycles. The van der Waals surface area contributed by atoms with E-state index in [1.165, 1.54) is 17.4 Å². The number of carbonyl (C=O) groups excluding carboxylic acids is 1. The molecule has 0 saturated heterocycles. The Morgan fingerprint density at radius 1 is 1.21 bits per heavy atom. The predicted molar refractivity (Wildman–Crippen MR) is 149 cm³/mol. The molecule has 1 N–H and O–H groups in total. The van der Waals surface area contributed by atoms with E-state index < -0.39 is 25.4 Å². The molecule has 0 unspecified atom stereocenters. The first-order valence-corrected chi connectivity index (χ1v) is 17.6. The zero-order chi connectivity index (χ0) is 28.8. The first-order chi connectivity index (χ1) is 18.2. The zero-order valence-corrected chi connectivity index (χ0v) is 25.2. The van der Waals surface area contributed by atoms with Crippen molar-refractivity contribution in [2.24, 2.45) is 0 Å². The molecule has 0 atom stereocenters. The second kappa shape index (κ2) is 10.7. The largest absolute Gasteiger partial charge is 0.481 e. The summed E-state index contributed by atoms with van der Waals surface area (Å²) in [7, 11) is -1.21. The van der Waals surface area contributed by atoms with Crippen molar-refractivity contribution < 1.29 is 27.4 Å². The number of hydrogen-bond donors (Lipinski definition) is 1. The lowest BCUT2D eigenvalue weighted by atomic mass is 9.89. The van der Waals surface area contributed by atoms with Gasteiger partial charge in [0.15, 0.2) is 5.13 Å². The van der Waals surface area contributed by atoms with E-state index in [1.54, 1.807) is 11.6 Å². The quantitative estimate of drug-likeness (QED) is 0.208. The Bertz CT molecular complexity index is 1370. The minimum atomic E-state index is -4.49. The van der Waals surface area contributed by atoms with Crippen LogP contribution >= 0.6 is 11.3 Å². The van der Waals surface area contributed by atoms with E-state index in [2.05, 4.69) is 35.0 Å². The lowest BCUT2D eigenvalue weighted by molar-refractivity contribution is -0.137. The van der Waals surface area contributed by atoms with Crippen LogP contribution in [-0.4, -0.2) is 35.4 Å². The normalized spacial score (nSPS) is 14.5. The van der Waals surface area contributed by atoms with Crippen LogP contribution in [0.4, 0.5) is 18.3 Å². The Balaban J connectivity index is 1.61. The van der Waals surface area contributed by atoms with Crippen molar-refractivity contribution >= 4 is 30.4 Å². The molecule has 1 amide bonds. The van der Waals surface area contributed by atoms with Gasteiger partial charge in [-0.05, 0) is 50.9 Å². The SMILES string of the molecule is CCC1(CC)Oc2cc(C(F)(F)F)ccc2-c2nc(NC(=O)c3c(C)nn(COCC[Si](C)(C)C)c3C)sc21. The molecule has 212 valence electrons. The van der Waals surface area contributed by atoms with E-state index in [-0.39, 0.29) is 18.4 Å². The van der Waals surface area contributed by atoms with Gasteiger partial charge in [0.25, 0.3) is 5.91 Å². The van der Waals surface area contributed by atoms with Crippen molar-refractivity contribution in [3.05, 3.63) is 45.6 Å². The summed E-state index contributed by atoms with van der Waals surface area (Å²) in [6.07, 6.45) is -3.42. The summed E-state index contributed by atoms with van der Waals surface area (Å²) < 4.78 is 53.9. The molecule has 1 aromatic carbocycles. The third kappa shape index (κ3) is 5.92. The number of nitrogens with zero attached hydrogens (tertiary/aromatic N) is 3. The van der Waals surface area contributed by atoms with Crippen LogP contribution in [0, 0.1) is 13.8 Å². The number of fused-ring (bicyclic) bond motifs is 3. The molecule has 0 spiro atoms. The molecule has 0 radical (unpaired) electrons. The first kappa shape index (κ1) is 29.3. The number of alkyl halides is 3. The van der Waals surface area contributed by atoms with Gasteiger partial charge in [0.1, 0.15) is 18.1 Å². The van der Waals surface area contributed by atoms with E-state index >= 15 is 0 Å². The van der Waals surface area contributed by atoms with Gasteiger partial charge in [0.05, 0.1) is 33.1 Å². The van der Waals surface area contributed by atoms with Gasteiger partial charge in [0, 0.05) is 20.2 Å². The molecule has 0 fully saturated rings. The van der Waals surface area contributed by atoms with Gasteiger partial charge in [0.2, 0.25) is 0 Å². The molecule has 2 aromatic heterocycles. The smallest absolute Gasteiger partial charge is 0.416 e. The number of nitrogens with one attached hydrogen (secondary N) is 1. The number of hydrogen-bond acceptors (Lipinski definition) is 6. The van der Waals surface area contributed by atoms with Crippen LogP contribution in [0.3, 0.4) is 0 Å². The number of ether oxygens (including phenoxy) is 2. The van der Waals surface area contributed by atoms with E-state index in [0.29, 0.717) is 52.8 Å². The third-order valence-electron chi connectivity index (χ3n) is 7.09. The summed E-state index contributed by atoms with van der Waals surface area (Å²) in [5, 5.41) is 7.74. The molecule has 3 aromatic rings. The van der Waals surface area contributed by atoms with E-state index in [0.717, 1.165) is 23.1 Å². The highest BCUT2D eigenvalue weighted by Crippen LogP contribution is 2.52. The highest BCUT2D eigenvalue weighted by Gasteiger charge is 2.43. The van der Waals surface area contributed by atoms with Crippen LogP contribution < -0.4 is 10.1 Å². The van der Waals surface area contributed by atoms with Crippen LogP contribution in [-0.2, 0) is 23.2 Å². The van der Waals surface area contributed by atoms with Crippen molar-refractivity contribution in [3.8, 4) is 17.0 Å². The van der Waals surface area contributed by atoms with Crippen molar-refractivity contribution in [2.45, 2.75) is 84.7 Å². The number of carbonyl (C=O) groups is 1. The van der Waals surface area contributed by atoms with Crippen molar-refractivity contribution in [1.82, 2.24) is 14.8 Å². The minimum absolute atomic E-state index is 0.145. The van der Waals surface area contributed by atoms with Gasteiger partial charge in [-0.25, -0.2) is 9.67 Å². The van der Waals surface area contributed by atoms with E-state index in [1.807, 2.05) is 20.8 Å². The molecule has 7 nitrogen and oxygen atoms in total. The molecule has 1 aliphatic rings. The fraction of sp³-hybridized carbons (Fsp3) is 0.519. The third-order valence-corrected chi connectivity index (χ3v) is 9.95. The van der Waals surface area contributed by atoms with Gasteiger partial charge in [-0.15, -0.1) is 0 Å². The topological polar surface area (TPSA) is 78.3 Å². The number of rotatable bonds is 9. The number of aromatic nitrogens is 3. The Morgan fingerprint density at radius 3 is 2.51 bits per heavy atom. The van der Waals surface area contributed by atoms with Gasteiger partial charge in [-0.1, -0.05) is 44.8 Å². The van der Waals surface area contributed by atoms with E-state index in [9.17, 15) is 18.0 Å². The standard InChI is InChI=1S/C27H35F3N4O3SSi/c1-8-26(9-2)23-22(19-11-10-18(27(28,29)30)14-20(19)37-26)31-25(38-23)32-24(35)21-16(3)33-34(17(21)4)15-36-12-13-39(5,6)7/h10-11,14H,8-9,12-13,15H2,1-7H3,(H,31,32,35). The van der Waals surface area contributed by atoms with Crippen molar-refractivity contribution in [2.75, 3.05) is 11.9 Å². The second-order valence-electron chi connectivity index (χ2n) is 11.1. The van der Waals surface area contributed by atoms with Gasteiger partial charge < -0.3 is 9.47 Å². The second-order valence-corrected chi connectivity index (χ2v) is 17.7. The Kier molecular flexibility index (Phi) is 8.03. The number of halogens is 3. The summed E-state index contributed by atoms with van der Waals surface area (Å²) in [5.41, 5.74) is 1.10. The van der Waals surface area contributed by atoms with E-state index in [4.69, 9.17) is 9.47 Å². The van der Waals surface area contributed by atoms with Crippen LogP contribution in [0.25, 0.3) is 11.3 Å². The highest BCUT2D eigenvalue weighted by atomic mass is 32.1. The van der Waals surface area contributed by atoms with Crippen LogP contribution in [0.15, 0.2) is 18.2 Å². The number of amides is 1. The average Bonchev–Trinajstić information content (AvgIpc) is 3.40. The number of thiazole rings is 1. The Labute approximate surface area is 231 Å². The molecule has 39 heavy (non-hydrogen) atoms. The van der Waals surface area contributed by atoms with Crippen molar-refractivity contribution in [1.29, 1.82) is 0 Å². The maximum Gasteiger partial charge on any atom is 0.416 e. The monoisotopic (exact) mass is 580 g/mol. The Hall–Kier alpha value is -2.70. The molecular weight excluding hydrogens is 545 g/mol. The number of anilines is 1. The fourth-order valence-corrected chi connectivity index (χ4v) is 6.66. The van der Waals surface area contributed by atoms with Crippen LogP contribution in [0.2, 0.25) is 25.7 Å². The molecule has 0 bridgehead atoms. The zero-order valence-electron chi connectivity index (χ0n) is 23.4. The van der Waals surface area contributed by atoms with Gasteiger partial charge in [-0.2, -0.15) is 18.3 Å². The first-order valence-electron chi connectivity index (χ1n) is 13.0. The molecule has 12 heteroatoms. The maximum atomic E-state index is 13.4. The summed E-state index contributed by atoms with van der Waals surface area (Å²) in [6.45, 7) is 15.2. The van der Waals surface area contributed by atoms with Gasteiger partial charge >= 0.3 is 6.18 Å². The lowest BCUT2D eigenvalue weighted by Gasteiger charge is -2.36.